The average Bonchev–Trinajstić information content (AvgIpc) is 2.82. The number of nitrogens with one attached hydrogen (secondary N) is 2. The Kier molecular flexibility index (Phi) is 5.02. The molecule has 0 unspecified atom stereocenters. The zero-order chi connectivity index (χ0) is 12.7. The molecule has 1 rings (SSSR count). The molecule has 1 heterocycles. The molecular weight excluding hydrogens is 226 g/mol. The molecule has 0 aromatic rings. The molecule has 0 aromatic carbocycles. The Labute approximate surface area is 97.6 Å². The van der Waals surface area contributed by atoms with Gasteiger partial charge in [0, 0.05) is 30.8 Å². The first-order valence-electron chi connectivity index (χ1n) is 5.07. The summed E-state index contributed by atoms with van der Waals surface area (Å²) in [5, 5.41) is 8.45. The van der Waals surface area contributed by atoms with E-state index in [1.165, 1.54) is 6.20 Å². The van der Waals surface area contributed by atoms with Crippen molar-refractivity contribution < 1.29 is 19.5 Å². The maximum absolute atomic E-state index is 11.4. The molecule has 3 N–H and O–H groups in total. The van der Waals surface area contributed by atoms with Crippen molar-refractivity contribution in [1.82, 2.24) is 10.9 Å². The molecule has 1 aliphatic heterocycles. The second-order valence-corrected chi connectivity index (χ2v) is 3.46. The van der Waals surface area contributed by atoms with Gasteiger partial charge in [-0.05, 0) is 6.42 Å². The summed E-state index contributed by atoms with van der Waals surface area (Å²) in [4.78, 5) is 36.1. The van der Waals surface area contributed by atoms with Crippen LogP contribution in [0.15, 0.2) is 16.8 Å². The van der Waals surface area contributed by atoms with Crippen LogP contribution in [0, 0.1) is 0 Å². The molecule has 1 amide bonds. The van der Waals surface area contributed by atoms with E-state index in [1.54, 1.807) is 6.21 Å². The predicted octanol–water partition coefficient (Wildman–Crippen LogP) is -0.602. The molecule has 7 nitrogen and oxygen atoms in total. The number of nitrogens with zero attached hydrogens (tertiary/aromatic N) is 1. The number of hydrogen-bond acceptors (Lipinski definition) is 5. The molecule has 0 radical (unpaired) electrons. The summed E-state index contributed by atoms with van der Waals surface area (Å²) >= 11 is 0. The predicted molar refractivity (Wildman–Crippen MR) is 59.2 cm³/mol. The molecule has 7 heteroatoms. The first-order chi connectivity index (χ1) is 8.13. The molecule has 1 atom stereocenters. The summed E-state index contributed by atoms with van der Waals surface area (Å²) in [5.74, 6) is -1.36. The summed E-state index contributed by atoms with van der Waals surface area (Å²) < 4.78 is 0. The molecule has 0 saturated heterocycles. The van der Waals surface area contributed by atoms with Crippen molar-refractivity contribution in [3.63, 3.8) is 0 Å². The van der Waals surface area contributed by atoms with E-state index in [1.807, 2.05) is 0 Å². The Bertz CT molecular complexity index is 376. The molecule has 92 valence electrons. The number of aliphatic carboxylic acids is 1. The van der Waals surface area contributed by atoms with Gasteiger partial charge in [0.1, 0.15) is 6.29 Å². The fourth-order valence-electron chi connectivity index (χ4n) is 1.19. The Morgan fingerprint density at radius 1 is 1.59 bits per heavy atom. The van der Waals surface area contributed by atoms with Crippen LogP contribution < -0.4 is 10.9 Å². The van der Waals surface area contributed by atoms with Crippen LogP contribution in [0.4, 0.5) is 0 Å². The molecule has 0 spiro atoms. The minimum Gasteiger partial charge on any atom is -0.481 e. The maximum atomic E-state index is 11.4. The molecule has 0 aromatic heterocycles. The highest BCUT2D eigenvalue weighted by Gasteiger charge is 2.14. The normalized spacial score (nSPS) is 15.2. The highest BCUT2D eigenvalue weighted by Crippen LogP contribution is 2.05. The molecule has 0 aliphatic carbocycles. The van der Waals surface area contributed by atoms with E-state index >= 15 is 0 Å². The maximum Gasteiger partial charge on any atom is 0.303 e. The highest BCUT2D eigenvalue weighted by molar-refractivity contribution is 5.97. The van der Waals surface area contributed by atoms with Gasteiger partial charge in [-0.1, -0.05) is 0 Å². The van der Waals surface area contributed by atoms with Crippen molar-refractivity contribution in [2.75, 3.05) is 0 Å². The number of aliphatic imine (C=N–C) groups is 1. The molecule has 1 aliphatic rings. The monoisotopic (exact) mass is 239 g/mol. The number of carbonyl (C=O) groups is 3. The number of carboxylic acid groups (broad SMARTS) is 1. The van der Waals surface area contributed by atoms with Crippen molar-refractivity contribution >= 4 is 24.4 Å². The lowest BCUT2D eigenvalue weighted by Gasteiger charge is -2.12. The average molecular weight is 239 g/mol. The van der Waals surface area contributed by atoms with Gasteiger partial charge in [-0.3, -0.25) is 20.0 Å². The summed E-state index contributed by atoms with van der Waals surface area (Å²) in [5.41, 5.74) is 5.30. The van der Waals surface area contributed by atoms with E-state index in [0.29, 0.717) is 18.3 Å². The van der Waals surface area contributed by atoms with Crippen molar-refractivity contribution in [3.8, 4) is 0 Å². The van der Waals surface area contributed by atoms with E-state index in [2.05, 4.69) is 15.8 Å². The Morgan fingerprint density at radius 2 is 2.35 bits per heavy atom. The number of hydrazine groups is 1. The van der Waals surface area contributed by atoms with Gasteiger partial charge >= 0.3 is 5.97 Å². The highest BCUT2D eigenvalue weighted by atomic mass is 16.4. The molecule has 0 fully saturated rings. The summed E-state index contributed by atoms with van der Waals surface area (Å²) in [7, 11) is 0. The summed E-state index contributed by atoms with van der Waals surface area (Å²) in [6, 6.07) is -0.710. The molecule has 0 saturated carbocycles. The summed E-state index contributed by atoms with van der Waals surface area (Å²) in [6.45, 7) is 0. The van der Waals surface area contributed by atoms with Crippen LogP contribution in [-0.4, -0.2) is 35.5 Å². The second kappa shape index (κ2) is 6.54. The van der Waals surface area contributed by atoms with Crippen molar-refractivity contribution in [1.29, 1.82) is 0 Å². The summed E-state index contributed by atoms with van der Waals surface area (Å²) in [6.07, 6.45) is 4.02. The fourth-order valence-corrected chi connectivity index (χ4v) is 1.19. The van der Waals surface area contributed by atoms with Crippen LogP contribution in [-0.2, 0) is 14.4 Å². The lowest BCUT2D eigenvalue weighted by Crippen LogP contribution is -2.45. The Morgan fingerprint density at radius 3 is 2.88 bits per heavy atom. The van der Waals surface area contributed by atoms with Gasteiger partial charge in [0.25, 0.3) is 5.91 Å². The van der Waals surface area contributed by atoms with Crippen molar-refractivity contribution in [3.05, 3.63) is 11.8 Å². The van der Waals surface area contributed by atoms with E-state index in [-0.39, 0.29) is 18.7 Å². The van der Waals surface area contributed by atoms with Gasteiger partial charge < -0.3 is 9.90 Å². The number of rotatable bonds is 7. The van der Waals surface area contributed by atoms with Gasteiger partial charge in [-0.15, -0.1) is 0 Å². The minimum absolute atomic E-state index is 0.120. The van der Waals surface area contributed by atoms with E-state index in [0.717, 1.165) is 0 Å². The van der Waals surface area contributed by atoms with Gasteiger partial charge in [-0.25, -0.2) is 5.43 Å². The van der Waals surface area contributed by atoms with Gasteiger partial charge in [-0.2, -0.15) is 0 Å². The van der Waals surface area contributed by atoms with E-state index < -0.39 is 12.0 Å². The number of hydrogen-bond donors (Lipinski definition) is 3. The van der Waals surface area contributed by atoms with Gasteiger partial charge in [0.05, 0.1) is 6.04 Å². The minimum atomic E-state index is -0.989. The first-order valence-corrected chi connectivity index (χ1v) is 5.07. The largest absolute Gasteiger partial charge is 0.481 e. The van der Waals surface area contributed by atoms with E-state index in [9.17, 15) is 14.4 Å². The number of carbonyl (C=O) groups excluding carboxylic acids is 2. The number of amides is 1. The van der Waals surface area contributed by atoms with Crippen molar-refractivity contribution in [2.45, 2.75) is 25.3 Å². The Hall–Kier alpha value is -2.02. The van der Waals surface area contributed by atoms with E-state index in [4.69, 9.17) is 5.11 Å². The molecular formula is C10H13N3O4. The van der Waals surface area contributed by atoms with Crippen LogP contribution in [0.2, 0.25) is 0 Å². The first kappa shape index (κ1) is 13.0. The van der Waals surface area contributed by atoms with Crippen molar-refractivity contribution in [2.24, 2.45) is 4.99 Å². The zero-order valence-electron chi connectivity index (χ0n) is 9.05. The second-order valence-electron chi connectivity index (χ2n) is 3.46. The smallest absolute Gasteiger partial charge is 0.303 e. The third kappa shape index (κ3) is 4.56. The van der Waals surface area contributed by atoms with Crippen LogP contribution in [0.5, 0.6) is 0 Å². The Balaban J connectivity index is 2.29. The van der Waals surface area contributed by atoms with Crippen LogP contribution in [0.3, 0.4) is 0 Å². The fraction of sp³-hybridized carbons (Fsp3) is 0.400. The van der Waals surface area contributed by atoms with Gasteiger partial charge in [0.2, 0.25) is 0 Å². The van der Waals surface area contributed by atoms with Crippen LogP contribution in [0.25, 0.3) is 0 Å². The number of carboxylic acids is 1. The van der Waals surface area contributed by atoms with Crippen LogP contribution in [0.1, 0.15) is 19.3 Å². The third-order valence-electron chi connectivity index (χ3n) is 2.14. The zero-order valence-corrected chi connectivity index (χ0v) is 9.05. The molecule has 0 bridgehead atoms. The topological polar surface area (TPSA) is 108 Å². The third-order valence-corrected chi connectivity index (χ3v) is 2.14. The van der Waals surface area contributed by atoms with Crippen LogP contribution >= 0.6 is 0 Å². The lowest BCUT2D eigenvalue weighted by atomic mass is 10.2. The molecule has 17 heavy (non-hydrogen) atoms. The lowest BCUT2D eigenvalue weighted by molar-refractivity contribution is -0.137. The number of aldehydes is 1. The van der Waals surface area contributed by atoms with Gasteiger partial charge in [0.15, 0.2) is 0 Å². The SMILES string of the molecule is O=C[C@H](CCC(=O)O)NNC(=O)C1=CN=CC1. The standard InChI is InChI=1S/C10H13N3O4/c14-6-8(1-2-9(15)16)12-13-10(17)7-3-4-11-5-7/h4-6,8,12H,1-3H2,(H,13,17)(H,15,16)/t8-/m0/s1. The quantitative estimate of drug-likeness (QED) is 0.406.